The normalized spacial score (nSPS) is 20.8. The minimum absolute atomic E-state index is 0. The third-order valence-corrected chi connectivity index (χ3v) is 3.71. The maximum absolute atomic E-state index is 12.1. The summed E-state index contributed by atoms with van der Waals surface area (Å²) in [6, 6.07) is 9.96. The first-order valence-electron chi connectivity index (χ1n) is 6.89. The van der Waals surface area contributed by atoms with E-state index in [1.165, 1.54) is 0 Å². The molecule has 1 aromatic heterocycles. The molecule has 2 atom stereocenters. The van der Waals surface area contributed by atoms with E-state index in [0.29, 0.717) is 0 Å². The molecule has 1 aromatic carbocycles. The molecule has 0 radical (unpaired) electrons. The number of anilines is 1. The maximum atomic E-state index is 12.1. The van der Waals surface area contributed by atoms with E-state index in [1.54, 1.807) is 10.9 Å². The second-order valence-electron chi connectivity index (χ2n) is 5.27. The zero-order chi connectivity index (χ0) is 13.9. The third kappa shape index (κ3) is 3.62. The van der Waals surface area contributed by atoms with Gasteiger partial charge in [0.2, 0.25) is 5.91 Å². The van der Waals surface area contributed by atoms with Crippen molar-refractivity contribution in [1.82, 2.24) is 9.78 Å². The van der Waals surface area contributed by atoms with E-state index in [4.69, 9.17) is 5.73 Å². The predicted molar refractivity (Wildman–Crippen MR) is 84.8 cm³/mol. The monoisotopic (exact) mass is 306 g/mol. The SMILES string of the molecule is Cl.NC1CCC(C(=O)Nc2cnn(-c3ccccc3)c2)C1. The Morgan fingerprint density at radius 2 is 2.05 bits per heavy atom. The molecule has 3 N–H and O–H groups in total. The van der Waals surface area contributed by atoms with Crippen molar-refractivity contribution in [3.63, 3.8) is 0 Å². The van der Waals surface area contributed by atoms with Gasteiger partial charge >= 0.3 is 0 Å². The van der Waals surface area contributed by atoms with Crippen LogP contribution in [0.25, 0.3) is 5.69 Å². The highest BCUT2D eigenvalue weighted by atomic mass is 35.5. The van der Waals surface area contributed by atoms with Crippen molar-refractivity contribution in [2.75, 3.05) is 5.32 Å². The van der Waals surface area contributed by atoms with Gasteiger partial charge in [-0.3, -0.25) is 4.79 Å². The van der Waals surface area contributed by atoms with Gasteiger partial charge in [0.1, 0.15) is 0 Å². The number of nitrogens with two attached hydrogens (primary N) is 1. The number of benzene rings is 1. The van der Waals surface area contributed by atoms with Crippen LogP contribution >= 0.6 is 12.4 Å². The molecular formula is C15H19ClN4O. The van der Waals surface area contributed by atoms with Gasteiger partial charge in [0.15, 0.2) is 0 Å². The number of aromatic nitrogens is 2. The van der Waals surface area contributed by atoms with Crippen LogP contribution in [-0.4, -0.2) is 21.7 Å². The first kappa shape index (κ1) is 15.5. The van der Waals surface area contributed by atoms with Gasteiger partial charge in [0.25, 0.3) is 0 Å². The van der Waals surface area contributed by atoms with Crippen molar-refractivity contribution in [3.05, 3.63) is 42.7 Å². The van der Waals surface area contributed by atoms with Crippen molar-refractivity contribution in [2.45, 2.75) is 25.3 Å². The molecule has 0 aliphatic heterocycles. The number of nitrogens with one attached hydrogen (secondary N) is 1. The van der Waals surface area contributed by atoms with E-state index in [9.17, 15) is 4.79 Å². The van der Waals surface area contributed by atoms with Crippen molar-refractivity contribution < 1.29 is 4.79 Å². The molecule has 0 saturated heterocycles. The highest BCUT2D eigenvalue weighted by Crippen LogP contribution is 2.25. The largest absolute Gasteiger partial charge is 0.328 e. The summed E-state index contributed by atoms with van der Waals surface area (Å²) >= 11 is 0. The minimum atomic E-state index is 0. The Kier molecular flexibility index (Phi) is 4.98. The van der Waals surface area contributed by atoms with Crippen LogP contribution in [-0.2, 0) is 4.79 Å². The first-order valence-corrected chi connectivity index (χ1v) is 6.89. The lowest BCUT2D eigenvalue weighted by Gasteiger charge is -2.08. The number of carbonyl (C=O) groups is 1. The Morgan fingerprint density at radius 3 is 2.71 bits per heavy atom. The van der Waals surface area contributed by atoms with Gasteiger partial charge < -0.3 is 11.1 Å². The fraction of sp³-hybridized carbons (Fsp3) is 0.333. The van der Waals surface area contributed by atoms with E-state index in [0.717, 1.165) is 30.6 Å². The summed E-state index contributed by atoms with van der Waals surface area (Å²) in [5.41, 5.74) is 7.53. The van der Waals surface area contributed by atoms with Gasteiger partial charge in [-0.1, -0.05) is 18.2 Å². The zero-order valence-corrected chi connectivity index (χ0v) is 12.4. The quantitative estimate of drug-likeness (QED) is 0.914. The molecule has 1 aliphatic rings. The summed E-state index contributed by atoms with van der Waals surface area (Å²) < 4.78 is 1.75. The lowest BCUT2D eigenvalue weighted by Crippen LogP contribution is -2.23. The lowest BCUT2D eigenvalue weighted by atomic mass is 10.1. The molecular weight excluding hydrogens is 288 g/mol. The van der Waals surface area contributed by atoms with Gasteiger partial charge in [-0.2, -0.15) is 5.10 Å². The molecule has 112 valence electrons. The van der Waals surface area contributed by atoms with E-state index >= 15 is 0 Å². The molecule has 0 bridgehead atoms. The molecule has 1 heterocycles. The van der Waals surface area contributed by atoms with E-state index in [2.05, 4.69) is 10.4 Å². The predicted octanol–water partition coefficient (Wildman–Crippen LogP) is 2.36. The summed E-state index contributed by atoms with van der Waals surface area (Å²) in [4.78, 5) is 12.1. The first-order chi connectivity index (χ1) is 9.72. The number of amides is 1. The molecule has 0 spiro atoms. The number of para-hydroxylation sites is 1. The smallest absolute Gasteiger partial charge is 0.227 e. The molecule has 2 aromatic rings. The fourth-order valence-electron chi connectivity index (χ4n) is 2.61. The Bertz CT molecular complexity index is 599. The molecule has 3 rings (SSSR count). The van der Waals surface area contributed by atoms with E-state index in [-0.39, 0.29) is 30.3 Å². The van der Waals surface area contributed by atoms with Gasteiger partial charge in [-0.05, 0) is 31.4 Å². The summed E-state index contributed by atoms with van der Waals surface area (Å²) in [6.07, 6.45) is 6.07. The average Bonchev–Trinajstić information content (AvgIpc) is 3.09. The number of hydrogen-bond acceptors (Lipinski definition) is 3. The van der Waals surface area contributed by atoms with Crippen LogP contribution in [0.15, 0.2) is 42.7 Å². The third-order valence-electron chi connectivity index (χ3n) is 3.71. The van der Waals surface area contributed by atoms with Crippen molar-refractivity contribution in [3.8, 4) is 5.69 Å². The summed E-state index contributed by atoms with van der Waals surface area (Å²) in [6.45, 7) is 0. The molecule has 1 saturated carbocycles. The topological polar surface area (TPSA) is 72.9 Å². The van der Waals surface area contributed by atoms with Crippen molar-refractivity contribution in [1.29, 1.82) is 0 Å². The number of nitrogens with zero attached hydrogens (tertiary/aromatic N) is 2. The standard InChI is InChI=1S/C15H18N4O.ClH/c16-12-7-6-11(8-12)15(20)18-13-9-17-19(10-13)14-4-2-1-3-5-14;/h1-5,9-12H,6-8,16H2,(H,18,20);1H. The van der Waals surface area contributed by atoms with Gasteiger partial charge in [0.05, 0.1) is 23.8 Å². The Balaban J connectivity index is 0.00000161. The average molecular weight is 307 g/mol. The fourth-order valence-corrected chi connectivity index (χ4v) is 2.61. The van der Waals surface area contributed by atoms with Crippen LogP contribution in [0.3, 0.4) is 0 Å². The van der Waals surface area contributed by atoms with Crippen LogP contribution in [0.4, 0.5) is 5.69 Å². The number of hydrogen-bond donors (Lipinski definition) is 2. The molecule has 6 heteroatoms. The summed E-state index contributed by atoms with van der Waals surface area (Å²) in [7, 11) is 0. The Morgan fingerprint density at radius 1 is 1.29 bits per heavy atom. The van der Waals surface area contributed by atoms with E-state index in [1.807, 2.05) is 36.5 Å². The highest BCUT2D eigenvalue weighted by molar-refractivity contribution is 5.92. The molecule has 1 amide bonds. The van der Waals surface area contributed by atoms with Gasteiger partial charge in [-0.15, -0.1) is 12.4 Å². The molecule has 21 heavy (non-hydrogen) atoms. The highest BCUT2D eigenvalue weighted by Gasteiger charge is 2.27. The molecule has 1 aliphatic carbocycles. The Labute approximate surface area is 129 Å². The number of halogens is 1. The van der Waals surface area contributed by atoms with Crippen LogP contribution < -0.4 is 11.1 Å². The summed E-state index contributed by atoms with van der Waals surface area (Å²) in [5, 5.41) is 7.18. The molecule has 5 nitrogen and oxygen atoms in total. The minimum Gasteiger partial charge on any atom is -0.328 e. The lowest BCUT2D eigenvalue weighted by molar-refractivity contribution is -0.119. The number of carbonyl (C=O) groups excluding carboxylic acids is 1. The number of rotatable bonds is 3. The van der Waals surface area contributed by atoms with Crippen molar-refractivity contribution in [2.24, 2.45) is 11.7 Å². The maximum Gasteiger partial charge on any atom is 0.227 e. The second-order valence-corrected chi connectivity index (χ2v) is 5.27. The van der Waals surface area contributed by atoms with Crippen molar-refractivity contribution >= 4 is 24.0 Å². The molecule has 1 fully saturated rings. The van der Waals surface area contributed by atoms with Crippen LogP contribution in [0.1, 0.15) is 19.3 Å². The summed E-state index contributed by atoms with van der Waals surface area (Å²) in [5.74, 6) is 0.0793. The zero-order valence-electron chi connectivity index (χ0n) is 11.6. The van der Waals surface area contributed by atoms with Gasteiger partial charge in [-0.25, -0.2) is 4.68 Å². The van der Waals surface area contributed by atoms with Crippen LogP contribution in [0, 0.1) is 5.92 Å². The van der Waals surface area contributed by atoms with Crippen LogP contribution in [0.2, 0.25) is 0 Å². The molecule has 2 unspecified atom stereocenters. The Hall–Kier alpha value is -1.85. The van der Waals surface area contributed by atoms with E-state index < -0.39 is 0 Å². The van der Waals surface area contributed by atoms with Crippen LogP contribution in [0.5, 0.6) is 0 Å². The second kappa shape index (κ2) is 6.74. The van der Waals surface area contributed by atoms with Gasteiger partial charge in [0, 0.05) is 12.0 Å².